The molecule has 1 aromatic rings. The summed E-state index contributed by atoms with van der Waals surface area (Å²) in [4.78, 5) is 4.01. The zero-order chi connectivity index (χ0) is 11.1. The zero-order valence-corrected chi connectivity index (χ0v) is 9.24. The van der Waals surface area contributed by atoms with Crippen molar-refractivity contribution in [2.24, 2.45) is 5.73 Å². The van der Waals surface area contributed by atoms with Gasteiger partial charge < -0.3 is 5.73 Å². The molecule has 1 aliphatic heterocycles. The van der Waals surface area contributed by atoms with Gasteiger partial charge >= 0.3 is 0 Å². The van der Waals surface area contributed by atoms with Crippen LogP contribution in [0.3, 0.4) is 0 Å². The summed E-state index contributed by atoms with van der Waals surface area (Å²) < 4.78 is 25.2. The van der Waals surface area contributed by atoms with E-state index in [-0.39, 0.29) is 4.90 Å². The number of hydrogen-bond acceptors (Lipinski definition) is 4. The van der Waals surface area contributed by atoms with Crippen molar-refractivity contribution >= 4 is 10.0 Å². The quantitative estimate of drug-likeness (QED) is 0.759. The summed E-state index contributed by atoms with van der Waals surface area (Å²) in [5, 5.41) is 0. The van der Waals surface area contributed by atoms with Gasteiger partial charge in [0.1, 0.15) is 4.90 Å². The summed E-state index contributed by atoms with van der Waals surface area (Å²) in [6.07, 6.45) is 2.89. The number of nitrogens with zero attached hydrogens (tertiary/aromatic N) is 2. The summed E-state index contributed by atoms with van der Waals surface area (Å²) in [5.41, 5.74) is 5.37. The lowest BCUT2D eigenvalue weighted by Gasteiger charge is -2.43. The second kappa shape index (κ2) is 3.26. The normalized spacial score (nSPS) is 20.9. The van der Waals surface area contributed by atoms with Crippen LogP contribution in [0.5, 0.6) is 0 Å². The Hall–Kier alpha value is -0.980. The molecular weight excluding hydrogens is 214 g/mol. The van der Waals surface area contributed by atoms with E-state index in [0.29, 0.717) is 13.1 Å². The first-order valence-corrected chi connectivity index (χ1v) is 6.05. The van der Waals surface area contributed by atoms with Crippen LogP contribution in [0.25, 0.3) is 0 Å². The molecule has 0 unspecified atom stereocenters. The van der Waals surface area contributed by atoms with Crippen molar-refractivity contribution in [3.05, 3.63) is 24.5 Å². The van der Waals surface area contributed by atoms with Crippen LogP contribution in [0.1, 0.15) is 6.92 Å². The van der Waals surface area contributed by atoms with Gasteiger partial charge in [0.05, 0.1) is 0 Å². The standard InChI is InChI=1S/C9H13N3O2S/c1-9(10)6-12(7-9)15(13,14)8-3-2-4-11-5-8/h2-5H,6-7,10H2,1H3. The van der Waals surface area contributed by atoms with E-state index in [2.05, 4.69) is 4.98 Å². The Morgan fingerprint density at radius 2 is 2.20 bits per heavy atom. The molecule has 1 aromatic heterocycles. The molecule has 0 bridgehead atoms. The Morgan fingerprint density at radius 3 is 2.67 bits per heavy atom. The summed E-state index contributed by atoms with van der Waals surface area (Å²) in [6, 6.07) is 3.14. The predicted octanol–water partition coefficient (Wildman–Crippen LogP) is -0.197. The number of pyridine rings is 1. The molecule has 0 atom stereocenters. The topological polar surface area (TPSA) is 76.3 Å². The van der Waals surface area contributed by atoms with Crippen molar-refractivity contribution in [2.75, 3.05) is 13.1 Å². The molecule has 5 nitrogen and oxygen atoms in total. The van der Waals surface area contributed by atoms with Gasteiger partial charge in [0.15, 0.2) is 0 Å². The van der Waals surface area contributed by atoms with Gasteiger partial charge in [-0.1, -0.05) is 0 Å². The lowest BCUT2D eigenvalue weighted by atomic mass is 9.97. The first kappa shape index (κ1) is 10.5. The smallest absolute Gasteiger partial charge is 0.244 e. The van der Waals surface area contributed by atoms with Gasteiger partial charge in [-0.2, -0.15) is 4.31 Å². The molecule has 1 aliphatic rings. The number of rotatable bonds is 2. The molecule has 2 N–H and O–H groups in total. The molecule has 1 fully saturated rings. The van der Waals surface area contributed by atoms with E-state index in [9.17, 15) is 8.42 Å². The molecule has 6 heteroatoms. The molecule has 2 heterocycles. The van der Waals surface area contributed by atoms with Crippen LogP contribution in [-0.2, 0) is 10.0 Å². The maximum absolute atomic E-state index is 11.9. The third-order valence-corrected chi connectivity index (χ3v) is 4.12. The number of aromatic nitrogens is 1. The lowest BCUT2D eigenvalue weighted by Crippen LogP contribution is -2.66. The van der Waals surface area contributed by atoms with Gasteiger partial charge in [-0.3, -0.25) is 4.98 Å². The third kappa shape index (κ3) is 1.88. The van der Waals surface area contributed by atoms with Crippen LogP contribution in [0, 0.1) is 0 Å². The molecule has 1 saturated heterocycles. The molecule has 0 amide bonds. The molecule has 0 saturated carbocycles. The molecule has 0 radical (unpaired) electrons. The van der Waals surface area contributed by atoms with Crippen molar-refractivity contribution in [1.29, 1.82) is 0 Å². The number of nitrogens with two attached hydrogens (primary N) is 1. The minimum atomic E-state index is -3.38. The SMILES string of the molecule is CC1(N)CN(S(=O)(=O)c2cccnc2)C1. The van der Waals surface area contributed by atoms with Gasteiger partial charge in [0, 0.05) is 31.0 Å². The molecule has 0 aliphatic carbocycles. The molecule has 2 rings (SSSR count). The molecule has 82 valence electrons. The maximum atomic E-state index is 11.9. The van der Waals surface area contributed by atoms with Crippen LogP contribution in [0.4, 0.5) is 0 Å². The largest absolute Gasteiger partial charge is 0.323 e. The first-order valence-electron chi connectivity index (χ1n) is 4.61. The van der Waals surface area contributed by atoms with Crippen molar-refractivity contribution in [3.63, 3.8) is 0 Å². The van der Waals surface area contributed by atoms with E-state index in [1.54, 1.807) is 12.3 Å². The van der Waals surface area contributed by atoms with Crippen molar-refractivity contribution < 1.29 is 8.42 Å². The Labute approximate surface area is 89.0 Å². The first-order chi connectivity index (χ1) is 6.92. The van der Waals surface area contributed by atoms with Crippen LogP contribution < -0.4 is 5.73 Å². The highest BCUT2D eigenvalue weighted by molar-refractivity contribution is 7.89. The fourth-order valence-corrected chi connectivity index (χ4v) is 3.25. The molecule has 0 aromatic carbocycles. The van der Waals surface area contributed by atoms with Crippen molar-refractivity contribution in [1.82, 2.24) is 9.29 Å². The highest BCUT2D eigenvalue weighted by atomic mass is 32.2. The van der Waals surface area contributed by atoms with Gasteiger partial charge in [-0.15, -0.1) is 0 Å². The summed E-state index contributed by atoms with van der Waals surface area (Å²) >= 11 is 0. The van der Waals surface area contributed by atoms with Gasteiger partial charge in [-0.25, -0.2) is 8.42 Å². The molecular formula is C9H13N3O2S. The third-order valence-electron chi connectivity index (χ3n) is 2.35. The van der Waals surface area contributed by atoms with Gasteiger partial charge in [0.25, 0.3) is 0 Å². The van der Waals surface area contributed by atoms with E-state index in [1.165, 1.54) is 16.6 Å². The van der Waals surface area contributed by atoms with E-state index in [1.807, 2.05) is 6.92 Å². The van der Waals surface area contributed by atoms with Gasteiger partial charge in [-0.05, 0) is 19.1 Å². The second-order valence-corrected chi connectivity index (χ2v) is 6.05. The van der Waals surface area contributed by atoms with Crippen LogP contribution >= 0.6 is 0 Å². The minimum Gasteiger partial charge on any atom is -0.323 e. The monoisotopic (exact) mass is 227 g/mol. The Kier molecular flexibility index (Phi) is 2.29. The van der Waals surface area contributed by atoms with Crippen LogP contribution in [-0.4, -0.2) is 36.3 Å². The fraction of sp³-hybridized carbons (Fsp3) is 0.444. The number of hydrogen-bond donors (Lipinski definition) is 1. The fourth-order valence-electron chi connectivity index (χ4n) is 1.58. The molecule has 0 spiro atoms. The summed E-state index contributed by atoms with van der Waals surface area (Å²) in [5.74, 6) is 0. The maximum Gasteiger partial charge on any atom is 0.244 e. The van der Waals surface area contributed by atoms with E-state index < -0.39 is 15.6 Å². The van der Waals surface area contributed by atoms with Crippen LogP contribution in [0.15, 0.2) is 29.4 Å². The van der Waals surface area contributed by atoms with E-state index in [4.69, 9.17) is 5.73 Å². The highest BCUT2D eigenvalue weighted by Crippen LogP contribution is 2.25. The minimum absolute atomic E-state index is 0.223. The highest BCUT2D eigenvalue weighted by Gasteiger charge is 2.42. The summed E-state index contributed by atoms with van der Waals surface area (Å²) in [7, 11) is -3.38. The Morgan fingerprint density at radius 1 is 1.53 bits per heavy atom. The van der Waals surface area contributed by atoms with E-state index >= 15 is 0 Å². The Bertz CT molecular complexity index is 448. The second-order valence-electron chi connectivity index (χ2n) is 4.12. The lowest BCUT2D eigenvalue weighted by molar-refractivity contribution is 0.176. The van der Waals surface area contributed by atoms with Crippen LogP contribution in [0.2, 0.25) is 0 Å². The average Bonchev–Trinajstić information content (AvgIpc) is 2.15. The van der Waals surface area contributed by atoms with Crippen molar-refractivity contribution in [3.8, 4) is 0 Å². The average molecular weight is 227 g/mol. The van der Waals surface area contributed by atoms with Crippen molar-refractivity contribution in [2.45, 2.75) is 17.4 Å². The summed E-state index contributed by atoms with van der Waals surface area (Å²) in [6.45, 7) is 2.57. The number of sulfonamides is 1. The van der Waals surface area contributed by atoms with E-state index in [0.717, 1.165) is 0 Å². The Balaban J connectivity index is 2.24. The van der Waals surface area contributed by atoms with Gasteiger partial charge in [0.2, 0.25) is 10.0 Å². The molecule has 15 heavy (non-hydrogen) atoms. The predicted molar refractivity (Wildman–Crippen MR) is 55.6 cm³/mol. The zero-order valence-electron chi connectivity index (χ0n) is 8.42.